The van der Waals surface area contributed by atoms with Crippen LogP contribution in [0.25, 0.3) is 50.4 Å². The highest BCUT2D eigenvalue weighted by Gasteiger charge is 2.16. The molecule has 198 valence electrons. The zero-order valence-electron chi connectivity index (χ0n) is 22.7. The molecular weight excluding hydrogens is 531 g/mol. The normalized spacial score (nSPS) is 12.1. The highest BCUT2D eigenvalue weighted by Crippen LogP contribution is 2.41. The monoisotopic (exact) mass is 555 g/mol. The van der Waals surface area contributed by atoms with Crippen LogP contribution in [-0.2, 0) is 0 Å². The molecule has 0 N–H and O–H groups in total. The van der Waals surface area contributed by atoms with E-state index in [1.165, 1.54) is 32.0 Å². The predicted molar refractivity (Wildman–Crippen MR) is 175 cm³/mol. The first-order chi connectivity index (χ1) is 20.8. The van der Waals surface area contributed by atoms with Crippen LogP contribution in [0.1, 0.15) is 5.56 Å². The lowest BCUT2D eigenvalue weighted by Gasteiger charge is -2.12. The topological polar surface area (TPSA) is 30.2 Å². The van der Waals surface area contributed by atoms with Crippen LogP contribution in [0.5, 0.6) is 0 Å². The van der Waals surface area contributed by atoms with Crippen LogP contribution in [0.3, 0.4) is 0 Å². The van der Waals surface area contributed by atoms with Crippen molar-refractivity contribution in [2.24, 2.45) is 4.99 Å². The van der Waals surface area contributed by atoms with Crippen LogP contribution in [-0.4, -0.2) is 15.8 Å². The van der Waals surface area contributed by atoms with Gasteiger partial charge in [-0.1, -0.05) is 115 Å². The Labute approximate surface area is 248 Å². The Morgan fingerprint density at radius 3 is 1.95 bits per heavy atom. The number of fused-ring (bicyclic) bond motifs is 3. The fourth-order valence-electron chi connectivity index (χ4n) is 5.63. The molecule has 0 aliphatic carbocycles. The average molecular weight is 556 g/mol. The minimum absolute atomic E-state index is 0.941. The van der Waals surface area contributed by atoms with E-state index in [1.54, 1.807) is 11.8 Å². The van der Waals surface area contributed by atoms with E-state index in [9.17, 15) is 0 Å². The van der Waals surface area contributed by atoms with Crippen LogP contribution in [0.15, 0.2) is 160 Å². The van der Waals surface area contributed by atoms with E-state index < -0.39 is 0 Å². The second-order valence-electron chi connectivity index (χ2n) is 10.3. The Kier molecular flexibility index (Phi) is 6.05. The van der Waals surface area contributed by atoms with Crippen molar-refractivity contribution >= 4 is 34.7 Å². The molecule has 8 rings (SSSR count). The Balaban J connectivity index is 1.12. The highest BCUT2D eigenvalue weighted by atomic mass is 32.2. The quantitative estimate of drug-likeness (QED) is 0.216. The summed E-state index contributed by atoms with van der Waals surface area (Å²) >= 11 is 1.78. The van der Waals surface area contributed by atoms with Crippen LogP contribution in [0.2, 0.25) is 0 Å². The molecule has 0 bridgehead atoms. The highest BCUT2D eigenvalue weighted by molar-refractivity contribution is 7.99. The maximum absolute atomic E-state index is 5.01. The lowest BCUT2D eigenvalue weighted by Crippen LogP contribution is -1.97. The third-order valence-electron chi connectivity index (χ3n) is 7.73. The summed E-state index contributed by atoms with van der Waals surface area (Å²) < 4.78 is 2.24. The molecule has 0 amide bonds. The zero-order chi connectivity index (χ0) is 27.9. The van der Waals surface area contributed by atoms with Gasteiger partial charge < -0.3 is 0 Å². The first-order valence-electron chi connectivity index (χ1n) is 14.0. The number of aliphatic imine (C=N–C) groups is 1. The second kappa shape index (κ2) is 10.3. The number of hydrogen-bond donors (Lipinski definition) is 0. The Hall–Kier alpha value is -5.19. The molecule has 1 aliphatic rings. The van der Waals surface area contributed by atoms with E-state index in [2.05, 4.69) is 132 Å². The minimum Gasteiger partial charge on any atom is -0.292 e. The molecule has 3 nitrogen and oxygen atoms in total. The zero-order valence-corrected chi connectivity index (χ0v) is 23.5. The summed E-state index contributed by atoms with van der Waals surface area (Å²) in [5, 5.41) is 0. The molecule has 0 atom stereocenters. The van der Waals surface area contributed by atoms with Crippen LogP contribution >= 0.6 is 11.8 Å². The number of rotatable bonds is 4. The average Bonchev–Trinajstić information content (AvgIpc) is 3.34. The molecule has 0 spiro atoms. The van der Waals surface area contributed by atoms with Gasteiger partial charge in [-0.3, -0.25) is 9.56 Å². The standard InChI is InChI=1S/C38H25N3S/c1-2-9-30(10-3-1)41-35-14-6-4-12-33(35)40-38(41)29-23-19-27(20-24-29)26-17-21-28(22-18-26)31-11-8-16-36-32(31)25-39-34-13-5-7-15-37(34)42-36/h1-25H. The van der Waals surface area contributed by atoms with Gasteiger partial charge in [-0.15, -0.1) is 0 Å². The predicted octanol–water partition coefficient (Wildman–Crippen LogP) is 10.2. The molecular formula is C38H25N3S. The summed E-state index contributed by atoms with van der Waals surface area (Å²) in [6.07, 6.45) is 2.01. The smallest absolute Gasteiger partial charge is 0.145 e. The second-order valence-corrected chi connectivity index (χ2v) is 11.4. The SMILES string of the molecule is C1=Nc2ccccc2Sc2cccc(-c3ccc(-c4ccc(-c5nc6ccccc6n5-c5ccccc5)cc4)cc3)c21. The van der Waals surface area contributed by atoms with Gasteiger partial charge in [0.1, 0.15) is 5.82 Å². The molecule has 0 saturated heterocycles. The van der Waals surface area contributed by atoms with Gasteiger partial charge in [0.25, 0.3) is 0 Å². The van der Waals surface area contributed by atoms with E-state index in [-0.39, 0.29) is 0 Å². The number of benzene rings is 6. The van der Waals surface area contributed by atoms with Crippen molar-refractivity contribution in [2.75, 3.05) is 0 Å². The largest absolute Gasteiger partial charge is 0.292 e. The Morgan fingerprint density at radius 2 is 1.14 bits per heavy atom. The third kappa shape index (κ3) is 4.33. The minimum atomic E-state index is 0.941. The van der Waals surface area contributed by atoms with Gasteiger partial charge >= 0.3 is 0 Å². The molecule has 4 heteroatoms. The van der Waals surface area contributed by atoms with Crippen LogP contribution < -0.4 is 0 Å². The fourth-order valence-corrected chi connectivity index (χ4v) is 6.66. The van der Waals surface area contributed by atoms with Gasteiger partial charge in [0.15, 0.2) is 0 Å². The first kappa shape index (κ1) is 24.6. The van der Waals surface area contributed by atoms with Gasteiger partial charge in [0.05, 0.1) is 16.7 Å². The van der Waals surface area contributed by atoms with Gasteiger partial charge in [-0.2, -0.15) is 0 Å². The van der Waals surface area contributed by atoms with Crippen molar-refractivity contribution in [2.45, 2.75) is 9.79 Å². The lowest BCUT2D eigenvalue weighted by molar-refractivity contribution is 1.10. The molecule has 2 heterocycles. The van der Waals surface area contributed by atoms with E-state index in [1.807, 2.05) is 24.4 Å². The maximum Gasteiger partial charge on any atom is 0.145 e. The van der Waals surface area contributed by atoms with Gasteiger partial charge in [-0.05, 0) is 64.7 Å². The number of para-hydroxylation sites is 4. The Morgan fingerprint density at radius 1 is 0.500 bits per heavy atom. The van der Waals surface area contributed by atoms with Crippen molar-refractivity contribution in [3.63, 3.8) is 0 Å². The van der Waals surface area contributed by atoms with E-state index in [0.717, 1.165) is 39.4 Å². The summed E-state index contributed by atoms with van der Waals surface area (Å²) in [6, 6.07) is 51.1. The van der Waals surface area contributed by atoms with Gasteiger partial charge in [0.2, 0.25) is 0 Å². The van der Waals surface area contributed by atoms with Crippen molar-refractivity contribution < 1.29 is 0 Å². The summed E-state index contributed by atoms with van der Waals surface area (Å²) in [4.78, 5) is 12.2. The summed E-state index contributed by atoms with van der Waals surface area (Å²) in [6.45, 7) is 0. The summed E-state index contributed by atoms with van der Waals surface area (Å²) in [5.41, 5.74) is 11.2. The maximum atomic E-state index is 5.01. The molecule has 7 aromatic rings. The van der Waals surface area contributed by atoms with Crippen molar-refractivity contribution in [3.05, 3.63) is 151 Å². The van der Waals surface area contributed by atoms with Gasteiger partial charge in [0, 0.05) is 32.8 Å². The Bertz CT molecular complexity index is 2090. The third-order valence-corrected chi connectivity index (χ3v) is 8.87. The molecule has 0 radical (unpaired) electrons. The lowest BCUT2D eigenvalue weighted by atomic mass is 9.97. The first-order valence-corrected chi connectivity index (χ1v) is 14.8. The number of nitrogens with zero attached hydrogens (tertiary/aromatic N) is 3. The molecule has 1 aliphatic heterocycles. The van der Waals surface area contributed by atoms with E-state index in [4.69, 9.17) is 9.98 Å². The fraction of sp³-hybridized carbons (Fsp3) is 0. The number of hydrogen-bond acceptors (Lipinski definition) is 3. The van der Waals surface area contributed by atoms with Crippen LogP contribution in [0.4, 0.5) is 5.69 Å². The number of aromatic nitrogens is 2. The molecule has 1 aromatic heterocycles. The van der Waals surface area contributed by atoms with Gasteiger partial charge in [-0.25, -0.2) is 4.98 Å². The van der Waals surface area contributed by atoms with Crippen molar-refractivity contribution in [1.82, 2.24) is 9.55 Å². The molecule has 0 fully saturated rings. The summed E-state index contributed by atoms with van der Waals surface area (Å²) in [5.74, 6) is 0.941. The van der Waals surface area contributed by atoms with Crippen molar-refractivity contribution in [1.29, 1.82) is 0 Å². The van der Waals surface area contributed by atoms with Crippen LogP contribution in [0, 0.1) is 0 Å². The molecule has 42 heavy (non-hydrogen) atoms. The molecule has 0 unspecified atom stereocenters. The number of imidazole rings is 1. The van der Waals surface area contributed by atoms with Crippen molar-refractivity contribution in [3.8, 4) is 39.3 Å². The molecule has 6 aromatic carbocycles. The summed E-state index contributed by atoms with van der Waals surface area (Å²) in [7, 11) is 0. The molecule has 0 saturated carbocycles. The van der Waals surface area contributed by atoms with E-state index >= 15 is 0 Å². The van der Waals surface area contributed by atoms with E-state index in [0.29, 0.717) is 0 Å².